The Balaban J connectivity index is 2.40. The molecular weight excluding hydrogens is 218 g/mol. The molecule has 0 aromatic carbocycles. The third-order valence-corrected chi connectivity index (χ3v) is 3.34. The Morgan fingerprint density at radius 3 is 2.71 bits per heavy atom. The van der Waals surface area contributed by atoms with Crippen LogP contribution in [0.5, 0.6) is 0 Å². The molecule has 0 unspecified atom stereocenters. The van der Waals surface area contributed by atoms with Crippen LogP contribution in [0.15, 0.2) is 12.1 Å². The van der Waals surface area contributed by atoms with Crippen LogP contribution >= 0.6 is 22.9 Å². The highest BCUT2D eigenvalue weighted by atomic mass is 35.5. The van der Waals surface area contributed by atoms with E-state index in [-0.39, 0.29) is 12.1 Å². The average Bonchev–Trinajstić information content (AvgIpc) is 2.48. The molecule has 0 saturated heterocycles. The first kappa shape index (κ1) is 12.0. The van der Waals surface area contributed by atoms with Crippen molar-refractivity contribution < 1.29 is 5.11 Å². The summed E-state index contributed by atoms with van der Waals surface area (Å²) in [7, 11) is 0. The molecule has 0 aliphatic heterocycles. The fraction of sp³-hybridized carbons (Fsp3) is 0.600. The van der Waals surface area contributed by atoms with Crippen molar-refractivity contribution in [1.29, 1.82) is 0 Å². The summed E-state index contributed by atoms with van der Waals surface area (Å²) in [6.45, 7) is 5.19. The van der Waals surface area contributed by atoms with Gasteiger partial charge < -0.3 is 10.4 Å². The SMILES string of the molecule is CC(C)(CCO)NCc1ccc(Cl)s1. The predicted molar refractivity (Wildman–Crippen MR) is 62.0 cm³/mol. The topological polar surface area (TPSA) is 32.3 Å². The minimum atomic E-state index is -0.0226. The van der Waals surface area contributed by atoms with Crippen LogP contribution in [0.2, 0.25) is 4.34 Å². The Morgan fingerprint density at radius 2 is 2.21 bits per heavy atom. The lowest BCUT2D eigenvalue weighted by molar-refractivity contribution is 0.230. The molecular formula is C10H16ClNOS. The van der Waals surface area contributed by atoms with Crippen molar-refractivity contribution in [3.05, 3.63) is 21.3 Å². The highest BCUT2D eigenvalue weighted by Crippen LogP contribution is 2.22. The highest BCUT2D eigenvalue weighted by Gasteiger charge is 2.15. The second-order valence-electron chi connectivity index (χ2n) is 3.92. The van der Waals surface area contributed by atoms with Crippen molar-refractivity contribution in [1.82, 2.24) is 5.32 Å². The van der Waals surface area contributed by atoms with Crippen molar-refractivity contribution in [3.63, 3.8) is 0 Å². The van der Waals surface area contributed by atoms with E-state index in [1.54, 1.807) is 11.3 Å². The van der Waals surface area contributed by atoms with E-state index >= 15 is 0 Å². The van der Waals surface area contributed by atoms with Gasteiger partial charge in [-0.15, -0.1) is 11.3 Å². The molecule has 0 radical (unpaired) electrons. The summed E-state index contributed by atoms with van der Waals surface area (Å²) in [5, 5.41) is 12.2. The van der Waals surface area contributed by atoms with Crippen molar-refractivity contribution in [2.75, 3.05) is 6.61 Å². The van der Waals surface area contributed by atoms with E-state index in [2.05, 4.69) is 19.2 Å². The summed E-state index contributed by atoms with van der Waals surface area (Å²) in [5.41, 5.74) is -0.0226. The number of rotatable bonds is 5. The molecule has 0 aliphatic carbocycles. The molecule has 1 heterocycles. The van der Waals surface area contributed by atoms with Crippen LogP contribution in [-0.4, -0.2) is 17.3 Å². The smallest absolute Gasteiger partial charge is 0.0931 e. The molecule has 0 fully saturated rings. The quantitative estimate of drug-likeness (QED) is 0.820. The number of halogens is 1. The molecule has 2 N–H and O–H groups in total. The first-order valence-electron chi connectivity index (χ1n) is 4.63. The van der Waals surface area contributed by atoms with Crippen LogP contribution in [0.25, 0.3) is 0 Å². The Hall–Kier alpha value is -0.0900. The van der Waals surface area contributed by atoms with Gasteiger partial charge in [-0.05, 0) is 32.4 Å². The second kappa shape index (κ2) is 5.12. The van der Waals surface area contributed by atoms with E-state index in [4.69, 9.17) is 16.7 Å². The van der Waals surface area contributed by atoms with Gasteiger partial charge in [0.15, 0.2) is 0 Å². The number of aliphatic hydroxyl groups excluding tert-OH is 1. The maximum absolute atomic E-state index is 8.84. The molecule has 1 aromatic rings. The fourth-order valence-corrected chi connectivity index (χ4v) is 2.17. The summed E-state index contributed by atoms with van der Waals surface area (Å²) in [6, 6.07) is 3.93. The maximum Gasteiger partial charge on any atom is 0.0931 e. The molecule has 80 valence electrons. The molecule has 0 amide bonds. The van der Waals surface area contributed by atoms with Crippen LogP contribution in [0, 0.1) is 0 Å². The van der Waals surface area contributed by atoms with Gasteiger partial charge in [0.25, 0.3) is 0 Å². The van der Waals surface area contributed by atoms with Gasteiger partial charge in [0.05, 0.1) is 4.34 Å². The third kappa shape index (κ3) is 3.96. The third-order valence-electron chi connectivity index (χ3n) is 2.11. The van der Waals surface area contributed by atoms with Gasteiger partial charge in [-0.2, -0.15) is 0 Å². The van der Waals surface area contributed by atoms with Gasteiger partial charge in [0.2, 0.25) is 0 Å². The van der Waals surface area contributed by atoms with Gasteiger partial charge >= 0.3 is 0 Å². The first-order valence-corrected chi connectivity index (χ1v) is 5.83. The number of hydrogen-bond donors (Lipinski definition) is 2. The Morgan fingerprint density at radius 1 is 1.50 bits per heavy atom. The van der Waals surface area contributed by atoms with Crippen LogP contribution in [0.1, 0.15) is 25.1 Å². The zero-order valence-electron chi connectivity index (χ0n) is 8.51. The normalized spacial score (nSPS) is 12.0. The summed E-state index contributed by atoms with van der Waals surface area (Å²) in [5.74, 6) is 0. The molecule has 0 atom stereocenters. The average molecular weight is 234 g/mol. The first-order chi connectivity index (χ1) is 6.53. The van der Waals surface area contributed by atoms with E-state index in [0.717, 1.165) is 17.3 Å². The lowest BCUT2D eigenvalue weighted by Gasteiger charge is -2.25. The van der Waals surface area contributed by atoms with Crippen molar-refractivity contribution in [2.24, 2.45) is 0 Å². The summed E-state index contributed by atoms with van der Waals surface area (Å²) >= 11 is 7.41. The Bertz CT molecular complexity index is 285. The van der Waals surface area contributed by atoms with Gasteiger partial charge in [0.1, 0.15) is 0 Å². The largest absolute Gasteiger partial charge is 0.396 e. The molecule has 14 heavy (non-hydrogen) atoms. The van der Waals surface area contributed by atoms with Crippen molar-refractivity contribution in [2.45, 2.75) is 32.4 Å². The lowest BCUT2D eigenvalue weighted by Crippen LogP contribution is -2.39. The predicted octanol–water partition coefficient (Wildman–Crippen LogP) is 2.65. The van der Waals surface area contributed by atoms with Crippen molar-refractivity contribution in [3.8, 4) is 0 Å². The molecule has 0 spiro atoms. The monoisotopic (exact) mass is 233 g/mol. The number of aliphatic hydroxyl groups is 1. The van der Waals surface area contributed by atoms with Gasteiger partial charge in [0, 0.05) is 23.6 Å². The standard InChI is InChI=1S/C10H16ClNOS/c1-10(2,5-6-13)12-7-8-3-4-9(11)14-8/h3-4,12-13H,5-7H2,1-2H3. The number of thiophene rings is 1. The zero-order chi connectivity index (χ0) is 10.6. The maximum atomic E-state index is 8.84. The highest BCUT2D eigenvalue weighted by molar-refractivity contribution is 7.16. The van der Waals surface area contributed by atoms with E-state index in [9.17, 15) is 0 Å². The molecule has 0 bridgehead atoms. The minimum Gasteiger partial charge on any atom is -0.396 e. The van der Waals surface area contributed by atoms with Gasteiger partial charge in [-0.3, -0.25) is 0 Å². The van der Waals surface area contributed by atoms with Gasteiger partial charge in [-0.25, -0.2) is 0 Å². The van der Waals surface area contributed by atoms with E-state index in [0.29, 0.717) is 0 Å². The van der Waals surface area contributed by atoms with Crippen molar-refractivity contribution >= 4 is 22.9 Å². The molecule has 0 aliphatic rings. The van der Waals surface area contributed by atoms with Crippen LogP contribution in [0.3, 0.4) is 0 Å². The minimum absolute atomic E-state index is 0.0226. The number of hydrogen-bond acceptors (Lipinski definition) is 3. The zero-order valence-corrected chi connectivity index (χ0v) is 10.1. The summed E-state index contributed by atoms with van der Waals surface area (Å²) < 4.78 is 0.821. The molecule has 0 saturated carbocycles. The fourth-order valence-electron chi connectivity index (χ4n) is 1.14. The number of nitrogens with one attached hydrogen (secondary N) is 1. The van der Waals surface area contributed by atoms with Crippen LogP contribution in [-0.2, 0) is 6.54 Å². The Kier molecular flexibility index (Phi) is 4.38. The van der Waals surface area contributed by atoms with Gasteiger partial charge in [-0.1, -0.05) is 11.6 Å². The van der Waals surface area contributed by atoms with Crippen LogP contribution < -0.4 is 5.32 Å². The lowest BCUT2D eigenvalue weighted by atomic mass is 10.0. The molecule has 4 heteroatoms. The van der Waals surface area contributed by atoms with Crippen LogP contribution in [0.4, 0.5) is 0 Å². The Labute approximate surface area is 93.9 Å². The molecule has 1 aromatic heterocycles. The molecule has 1 rings (SSSR count). The summed E-state index contributed by atoms with van der Waals surface area (Å²) in [6.07, 6.45) is 0.756. The second-order valence-corrected chi connectivity index (χ2v) is 5.72. The van der Waals surface area contributed by atoms with E-state index < -0.39 is 0 Å². The molecule has 2 nitrogen and oxygen atoms in total. The van der Waals surface area contributed by atoms with E-state index in [1.165, 1.54) is 4.88 Å². The summed E-state index contributed by atoms with van der Waals surface area (Å²) in [4.78, 5) is 1.22. The van der Waals surface area contributed by atoms with E-state index in [1.807, 2.05) is 12.1 Å².